The van der Waals surface area contributed by atoms with Crippen molar-refractivity contribution in [2.45, 2.75) is 58.2 Å². The van der Waals surface area contributed by atoms with Crippen molar-refractivity contribution in [1.29, 1.82) is 5.41 Å². The van der Waals surface area contributed by atoms with Crippen LogP contribution in [0.15, 0.2) is 36.4 Å². The fourth-order valence-electron chi connectivity index (χ4n) is 4.47. The molecular formula is C28H39N9O4. The molecule has 2 aromatic carbocycles. The summed E-state index contributed by atoms with van der Waals surface area (Å²) >= 11 is 0. The Kier molecular flexibility index (Phi) is 10.6. The quantitative estimate of drug-likeness (QED) is 0.129. The monoisotopic (exact) mass is 565 g/mol. The number of amides is 4. The number of nitrogens with one attached hydrogen (secondary N) is 6. The lowest BCUT2D eigenvalue weighted by Crippen LogP contribution is -2.55. The van der Waals surface area contributed by atoms with E-state index in [1.165, 1.54) is 12.1 Å². The topological polar surface area (TPSA) is 230 Å². The number of primary amides is 1. The summed E-state index contributed by atoms with van der Waals surface area (Å²) in [5.41, 5.74) is 18.8. The summed E-state index contributed by atoms with van der Waals surface area (Å²) in [5.74, 6) is -2.71. The molecule has 3 rings (SSSR count). The van der Waals surface area contributed by atoms with Gasteiger partial charge >= 0.3 is 0 Å². The minimum Gasteiger partial charge on any atom is -0.380 e. The Morgan fingerprint density at radius 2 is 1.80 bits per heavy atom. The van der Waals surface area contributed by atoms with Crippen LogP contribution in [0.1, 0.15) is 65.8 Å². The number of unbranched alkanes of at least 4 members (excludes halogenated alkanes) is 1. The molecule has 0 aromatic heterocycles. The fourth-order valence-corrected chi connectivity index (χ4v) is 4.47. The van der Waals surface area contributed by atoms with E-state index >= 15 is 0 Å². The fraction of sp³-hybridized carbons (Fsp3) is 0.393. The highest BCUT2D eigenvalue weighted by molar-refractivity contribution is 6.05. The van der Waals surface area contributed by atoms with E-state index in [2.05, 4.69) is 26.6 Å². The van der Waals surface area contributed by atoms with Crippen molar-refractivity contribution in [2.75, 3.05) is 22.5 Å². The molecule has 2 aromatic rings. The van der Waals surface area contributed by atoms with Crippen LogP contribution >= 0.6 is 0 Å². The Balaban J connectivity index is 2.12. The number of benzene rings is 2. The molecule has 0 fully saturated rings. The lowest BCUT2D eigenvalue weighted by molar-refractivity contribution is -0.128. The van der Waals surface area contributed by atoms with Gasteiger partial charge in [0, 0.05) is 29.2 Å². The molecule has 41 heavy (non-hydrogen) atoms. The van der Waals surface area contributed by atoms with Crippen LogP contribution in [0.4, 0.5) is 17.1 Å². The zero-order chi connectivity index (χ0) is 30.1. The molecule has 13 heteroatoms. The van der Waals surface area contributed by atoms with Crippen molar-refractivity contribution >= 4 is 46.7 Å². The minimum atomic E-state index is -0.939. The molecular weight excluding hydrogens is 526 g/mol. The predicted molar refractivity (Wildman–Crippen MR) is 158 cm³/mol. The molecule has 1 heterocycles. The largest absolute Gasteiger partial charge is 0.380 e. The molecule has 1 aliphatic heterocycles. The molecule has 13 nitrogen and oxygen atoms in total. The molecule has 12 N–H and O–H groups in total. The predicted octanol–water partition coefficient (Wildman–Crippen LogP) is 1.41. The van der Waals surface area contributed by atoms with Crippen LogP contribution in [0.2, 0.25) is 0 Å². The number of carbonyl (C=O) groups excluding carboxylic acids is 4. The highest BCUT2D eigenvalue weighted by Gasteiger charge is 2.31. The summed E-state index contributed by atoms with van der Waals surface area (Å²) in [7, 11) is 0. The third-order valence-electron chi connectivity index (χ3n) is 7.03. The maximum absolute atomic E-state index is 13.6. The summed E-state index contributed by atoms with van der Waals surface area (Å²) in [6, 6.07) is 7.65. The number of carbonyl (C=O) groups is 4. The van der Waals surface area contributed by atoms with Gasteiger partial charge in [-0.3, -0.25) is 24.6 Å². The van der Waals surface area contributed by atoms with Gasteiger partial charge in [-0.15, -0.1) is 0 Å². The molecule has 0 aliphatic carbocycles. The average molecular weight is 566 g/mol. The Bertz CT molecular complexity index is 1310. The van der Waals surface area contributed by atoms with Gasteiger partial charge in [0.15, 0.2) is 5.96 Å². The number of anilines is 3. The molecule has 1 aliphatic rings. The molecule has 4 amide bonds. The molecule has 0 spiro atoms. The molecule has 220 valence electrons. The third kappa shape index (κ3) is 8.18. The highest BCUT2D eigenvalue weighted by atomic mass is 16.2. The van der Waals surface area contributed by atoms with Crippen molar-refractivity contribution in [2.24, 2.45) is 23.1 Å². The van der Waals surface area contributed by atoms with Gasteiger partial charge in [-0.1, -0.05) is 26.3 Å². The highest BCUT2D eigenvalue weighted by Crippen LogP contribution is 2.25. The second-order valence-electron chi connectivity index (χ2n) is 10.1. The van der Waals surface area contributed by atoms with E-state index in [1.54, 1.807) is 24.3 Å². The molecule has 0 bridgehead atoms. The number of guanidine groups is 1. The first-order chi connectivity index (χ1) is 19.5. The number of hydrogen-bond acceptors (Lipinski definition) is 7. The first-order valence-corrected chi connectivity index (χ1v) is 13.6. The van der Waals surface area contributed by atoms with Crippen LogP contribution < -0.4 is 43.8 Å². The number of rotatable bonds is 8. The minimum absolute atomic E-state index is 0.174. The summed E-state index contributed by atoms with van der Waals surface area (Å²) < 4.78 is 0. The van der Waals surface area contributed by atoms with Crippen molar-refractivity contribution in [3.05, 3.63) is 53.1 Å². The second kappa shape index (κ2) is 14.1. The van der Waals surface area contributed by atoms with Gasteiger partial charge in [-0.05, 0) is 67.6 Å². The zero-order valence-corrected chi connectivity index (χ0v) is 23.3. The van der Waals surface area contributed by atoms with Gasteiger partial charge in [-0.2, -0.15) is 0 Å². The Labute approximate surface area is 238 Å². The van der Waals surface area contributed by atoms with Crippen molar-refractivity contribution < 1.29 is 19.2 Å². The smallest absolute Gasteiger partial charge is 0.254 e. The number of hydrogen-bond donors (Lipinski definition) is 9. The number of nitrogens with two attached hydrogens (primary N) is 3. The van der Waals surface area contributed by atoms with Crippen LogP contribution in [0.3, 0.4) is 0 Å². The molecule has 0 saturated carbocycles. The summed E-state index contributed by atoms with van der Waals surface area (Å²) in [6.45, 7) is 4.35. The molecule has 0 unspecified atom stereocenters. The third-order valence-corrected chi connectivity index (χ3v) is 7.03. The van der Waals surface area contributed by atoms with E-state index in [9.17, 15) is 19.2 Å². The lowest BCUT2D eigenvalue weighted by Gasteiger charge is -2.28. The Morgan fingerprint density at radius 3 is 2.46 bits per heavy atom. The Hall–Kier alpha value is -4.65. The second-order valence-corrected chi connectivity index (χ2v) is 10.1. The van der Waals surface area contributed by atoms with Crippen LogP contribution in [-0.2, 0) is 16.1 Å². The van der Waals surface area contributed by atoms with E-state index in [4.69, 9.17) is 22.6 Å². The van der Waals surface area contributed by atoms with Gasteiger partial charge < -0.3 is 43.8 Å². The van der Waals surface area contributed by atoms with Crippen LogP contribution in [0.5, 0.6) is 0 Å². The first-order valence-electron chi connectivity index (χ1n) is 13.6. The summed E-state index contributed by atoms with van der Waals surface area (Å²) in [4.78, 5) is 52.6. The first kappa shape index (κ1) is 30.9. The Morgan fingerprint density at radius 1 is 1.05 bits per heavy atom. The van der Waals surface area contributed by atoms with Crippen LogP contribution in [0.25, 0.3) is 0 Å². The van der Waals surface area contributed by atoms with Gasteiger partial charge in [0.05, 0.1) is 5.56 Å². The van der Waals surface area contributed by atoms with Gasteiger partial charge in [0.1, 0.15) is 12.1 Å². The number of fused-ring (bicyclic) bond motifs is 2. The van der Waals surface area contributed by atoms with Crippen molar-refractivity contribution in [3.63, 3.8) is 0 Å². The van der Waals surface area contributed by atoms with Gasteiger partial charge in [-0.25, -0.2) is 0 Å². The lowest BCUT2D eigenvalue weighted by atomic mass is 9.96. The van der Waals surface area contributed by atoms with E-state index in [0.717, 1.165) is 0 Å². The SMILES string of the molecule is CC[C@H](C)[C@@H]1NC(=O)c2cc(NC(=N)N)ccc2NCc2ccc(C(N)=O)cc2NC(=O)[C@H](CCCCN)NC1=O. The van der Waals surface area contributed by atoms with E-state index in [1.807, 2.05) is 13.8 Å². The molecule has 3 atom stereocenters. The average Bonchev–Trinajstić information content (AvgIpc) is 2.93. The zero-order valence-electron chi connectivity index (χ0n) is 23.3. The summed E-state index contributed by atoms with van der Waals surface area (Å²) in [6.07, 6.45) is 2.15. The van der Waals surface area contributed by atoms with Gasteiger partial charge in [0.25, 0.3) is 5.91 Å². The maximum atomic E-state index is 13.6. The van der Waals surface area contributed by atoms with Crippen molar-refractivity contribution in [1.82, 2.24) is 10.6 Å². The van der Waals surface area contributed by atoms with E-state index in [0.29, 0.717) is 54.9 Å². The molecule has 0 radical (unpaired) electrons. The van der Waals surface area contributed by atoms with E-state index in [-0.39, 0.29) is 29.5 Å². The van der Waals surface area contributed by atoms with E-state index < -0.39 is 35.7 Å². The maximum Gasteiger partial charge on any atom is 0.254 e. The van der Waals surface area contributed by atoms with Crippen LogP contribution in [0, 0.1) is 11.3 Å². The van der Waals surface area contributed by atoms with Crippen LogP contribution in [-0.4, -0.2) is 48.2 Å². The normalized spacial score (nSPS) is 18.3. The summed E-state index contributed by atoms with van der Waals surface area (Å²) in [5, 5.41) is 22.0. The standard InChI is InChI=1S/C28H39N9O4/c1-3-15(2)23-27(41)35-21(6-4-5-11-29)26(40)36-22-12-16(24(30)38)7-8-17(22)14-33-20-10-9-18(34-28(31)32)13-19(20)25(39)37-23/h7-10,12-13,15,21,23,33H,3-6,11,14,29H2,1-2H3,(H2,30,38)(H,35,41)(H,36,40)(H,37,39)(H4,31,32,34)/t15-,21-,23-/m0/s1. The van der Waals surface area contributed by atoms with Gasteiger partial charge in [0.2, 0.25) is 17.7 Å². The van der Waals surface area contributed by atoms with Crippen molar-refractivity contribution in [3.8, 4) is 0 Å². The molecule has 0 saturated heterocycles.